The number of rotatable bonds is 5. The minimum absolute atomic E-state index is 0.0991. The first-order valence-electron chi connectivity index (χ1n) is 10.9. The summed E-state index contributed by atoms with van der Waals surface area (Å²) in [4.78, 5) is 29.2. The van der Waals surface area contributed by atoms with Crippen LogP contribution in [0.3, 0.4) is 0 Å². The molecule has 1 aliphatic heterocycles. The topological polar surface area (TPSA) is 104 Å². The summed E-state index contributed by atoms with van der Waals surface area (Å²) in [7, 11) is 0. The fraction of sp³-hybridized carbons (Fsp3) is 0.500. The van der Waals surface area contributed by atoms with Crippen LogP contribution in [0.1, 0.15) is 35.3 Å². The molecule has 168 valence electrons. The lowest BCUT2D eigenvalue weighted by Gasteiger charge is -2.25. The van der Waals surface area contributed by atoms with Gasteiger partial charge in [0.2, 0.25) is 11.6 Å². The van der Waals surface area contributed by atoms with E-state index in [9.17, 15) is 10.1 Å². The smallest absolute Gasteiger partial charge is 0.407 e. The molecule has 0 N–H and O–H groups in total. The molecule has 1 saturated heterocycles. The van der Waals surface area contributed by atoms with Gasteiger partial charge in [0.15, 0.2) is 0 Å². The number of fused-ring (bicyclic) bond motifs is 3. The molecule has 10 heteroatoms. The van der Waals surface area contributed by atoms with E-state index in [0.29, 0.717) is 43.1 Å². The Hall–Kier alpha value is -2.69. The third-order valence-electron chi connectivity index (χ3n) is 6.00. The molecule has 1 atom stereocenters. The SMILES string of the molecule is Cc1ccc(Oc2nc(CN3CCOCC3)nc3sc4c(c23)CC[C@H](C)C4)c([N+](=O)[O-])n1. The van der Waals surface area contributed by atoms with Gasteiger partial charge in [0.1, 0.15) is 16.3 Å². The number of nitrogens with zero attached hydrogens (tertiary/aromatic N) is 5. The highest BCUT2D eigenvalue weighted by Crippen LogP contribution is 2.42. The van der Waals surface area contributed by atoms with Gasteiger partial charge in [0.25, 0.3) is 0 Å². The second-order valence-corrected chi connectivity index (χ2v) is 9.58. The van der Waals surface area contributed by atoms with Gasteiger partial charge in [-0.05, 0) is 52.8 Å². The zero-order chi connectivity index (χ0) is 22.2. The van der Waals surface area contributed by atoms with Crippen LogP contribution in [0.2, 0.25) is 0 Å². The van der Waals surface area contributed by atoms with Crippen molar-refractivity contribution >= 4 is 27.4 Å². The first-order chi connectivity index (χ1) is 15.5. The molecule has 1 aliphatic carbocycles. The van der Waals surface area contributed by atoms with E-state index < -0.39 is 4.92 Å². The Balaban J connectivity index is 1.59. The lowest BCUT2D eigenvalue weighted by molar-refractivity contribution is -0.390. The highest BCUT2D eigenvalue weighted by Gasteiger charge is 2.27. The second-order valence-electron chi connectivity index (χ2n) is 8.50. The normalized spacial score (nSPS) is 19.1. The molecule has 0 saturated carbocycles. The Morgan fingerprint density at radius 3 is 2.88 bits per heavy atom. The number of hydrogen-bond donors (Lipinski definition) is 0. The second kappa shape index (κ2) is 8.68. The van der Waals surface area contributed by atoms with E-state index in [0.717, 1.165) is 42.6 Å². The number of aryl methyl sites for hydroxylation is 2. The molecule has 3 aromatic rings. The van der Waals surface area contributed by atoms with E-state index in [2.05, 4.69) is 16.8 Å². The van der Waals surface area contributed by atoms with Crippen molar-refractivity contribution in [3.63, 3.8) is 0 Å². The van der Waals surface area contributed by atoms with Gasteiger partial charge in [-0.25, -0.2) is 4.98 Å². The Labute approximate surface area is 189 Å². The summed E-state index contributed by atoms with van der Waals surface area (Å²) in [5, 5.41) is 12.5. The lowest BCUT2D eigenvalue weighted by Crippen LogP contribution is -2.36. The Kier molecular flexibility index (Phi) is 5.75. The van der Waals surface area contributed by atoms with Gasteiger partial charge in [-0.2, -0.15) is 4.98 Å². The summed E-state index contributed by atoms with van der Waals surface area (Å²) >= 11 is 1.69. The molecule has 0 aromatic carbocycles. The van der Waals surface area contributed by atoms with Crippen molar-refractivity contribution in [1.82, 2.24) is 19.9 Å². The van der Waals surface area contributed by atoms with Crippen LogP contribution in [0.4, 0.5) is 5.82 Å². The molecule has 0 spiro atoms. The first kappa shape index (κ1) is 21.2. The summed E-state index contributed by atoms with van der Waals surface area (Å²) in [6.45, 7) is 7.60. The molecule has 0 unspecified atom stereocenters. The van der Waals surface area contributed by atoms with Gasteiger partial charge in [0.05, 0.1) is 25.1 Å². The minimum Gasteiger partial charge on any atom is -0.429 e. The zero-order valence-corrected chi connectivity index (χ0v) is 19.0. The van der Waals surface area contributed by atoms with Crippen molar-refractivity contribution in [2.75, 3.05) is 26.3 Å². The fourth-order valence-electron chi connectivity index (χ4n) is 4.30. The minimum atomic E-state index is -0.514. The first-order valence-corrected chi connectivity index (χ1v) is 11.7. The average Bonchev–Trinajstić information content (AvgIpc) is 3.13. The van der Waals surface area contributed by atoms with Crippen molar-refractivity contribution in [3.05, 3.63) is 44.2 Å². The fourth-order valence-corrected chi connectivity index (χ4v) is 5.69. The predicted octanol–water partition coefficient (Wildman–Crippen LogP) is 4.05. The molecule has 5 rings (SSSR count). The van der Waals surface area contributed by atoms with E-state index in [4.69, 9.17) is 19.4 Å². The highest BCUT2D eigenvalue weighted by molar-refractivity contribution is 7.18. The van der Waals surface area contributed by atoms with Crippen LogP contribution < -0.4 is 4.74 Å². The molecule has 9 nitrogen and oxygen atoms in total. The van der Waals surface area contributed by atoms with Crippen LogP contribution >= 0.6 is 11.3 Å². The van der Waals surface area contributed by atoms with Crippen LogP contribution in [-0.4, -0.2) is 51.1 Å². The maximum absolute atomic E-state index is 11.6. The number of hydrogen-bond acceptors (Lipinski definition) is 9. The molecule has 1 fully saturated rings. The molecule has 0 radical (unpaired) electrons. The third-order valence-corrected chi connectivity index (χ3v) is 7.14. The highest BCUT2D eigenvalue weighted by atomic mass is 32.1. The van der Waals surface area contributed by atoms with Crippen LogP contribution in [0.15, 0.2) is 12.1 Å². The Morgan fingerprint density at radius 1 is 1.28 bits per heavy atom. The Morgan fingerprint density at radius 2 is 2.09 bits per heavy atom. The summed E-state index contributed by atoms with van der Waals surface area (Å²) in [5.74, 6) is 1.47. The van der Waals surface area contributed by atoms with Gasteiger partial charge < -0.3 is 19.6 Å². The van der Waals surface area contributed by atoms with E-state index >= 15 is 0 Å². The molecule has 4 heterocycles. The van der Waals surface area contributed by atoms with E-state index in [1.807, 2.05) is 0 Å². The van der Waals surface area contributed by atoms with Crippen LogP contribution in [-0.2, 0) is 24.1 Å². The molecule has 3 aromatic heterocycles. The van der Waals surface area contributed by atoms with Gasteiger partial charge in [0, 0.05) is 24.9 Å². The quantitative estimate of drug-likeness (QED) is 0.419. The van der Waals surface area contributed by atoms with Crippen molar-refractivity contribution < 1.29 is 14.4 Å². The Bertz CT molecular complexity index is 1170. The number of ether oxygens (including phenoxy) is 2. The number of pyridine rings is 1. The van der Waals surface area contributed by atoms with E-state index in [1.54, 1.807) is 30.4 Å². The number of aromatic nitrogens is 3. The summed E-state index contributed by atoms with van der Waals surface area (Å²) in [6, 6.07) is 3.30. The van der Waals surface area contributed by atoms with Crippen LogP contribution in [0, 0.1) is 23.0 Å². The van der Waals surface area contributed by atoms with Gasteiger partial charge in [-0.3, -0.25) is 4.90 Å². The largest absolute Gasteiger partial charge is 0.429 e. The lowest BCUT2D eigenvalue weighted by atomic mass is 9.89. The molecule has 0 bridgehead atoms. The molecule has 2 aliphatic rings. The molecule has 32 heavy (non-hydrogen) atoms. The summed E-state index contributed by atoms with van der Waals surface area (Å²) < 4.78 is 11.6. The number of thiophene rings is 1. The van der Waals surface area contributed by atoms with Crippen molar-refractivity contribution in [3.8, 4) is 11.6 Å². The monoisotopic (exact) mass is 455 g/mol. The van der Waals surface area contributed by atoms with Crippen LogP contribution in [0.25, 0.3) is 10.2 Å². The third kappa shape index (κ3) is 4.17. The van der Waals surface area contributed by atoms with E-state index in [1.165, 1.54) is 10.4 Å². The number of nitro groups is 1. The van der Waals surface area contributed by atoms with Gasteiger partial charge in [-0.15, -0.1) is 11.3 Å². The van der Waals surface area contributed by atoms with Crippen molar-refractivity contribution in [2.45, 2.75) is 39.7 Å². The number of morpholine rings is 1. The summed E-state index contributed by atoms with van der Waals surface area (Å²) in [5.41, 5.74) is 1.78. The van der Waals surface area contributed by atoms with Crippen LogP contribution in [0.5, 0.6) is 11.6 Å². The zero-order valence-electron chi connectivity index (χ0n) is 18.2. The maximum Gasteiger partial charge on any atom is 0.407 e. The molecular weight excluding hydrogens is 430 g/mol. The maximum atomic E-state index is 11.6. The average molecular weight is 456 g/mol. The molecular formula is C22H25N5O4S. The van der Waals surface area contributed by atoms with Gasteiger partial charge in [-0.1, -0.05) is 6.92 Å². The van der Waals surface area contributed by atoms with E-state index in [-0.39, 0.29) is 11.6 Å². The summed E-state index contributed by atoms with van der Waals surface area (Å²) in [6.07, 6.45) is 3.05. The predicted molar refractivity (Wildman–Crippen MR) is 120 cm³/mol. The standard InChI is InChI=1S/C22H25N5O4S/c1-13-3-5-15-17(11-13)32-22-19(15)21(24-18(25-22)12-26-7-9-30-10-8-26)31-16-6-4-14(2)23-20(16)27(28)29/h4,6,13H,3,5,7-12H2,1-2H3/t13-/m0/s1. The van der Waals surface area contributed by atoms with Gasteiger partial charge >= 0.3 is 5.82 Å². The van der Waals surface area contributed by atoms with Crippen molar-refractivity contribution in [1.29, 1.82) is 0 Å². The van der Waals surface area contributed by atoms with Crippen molar-refractivity contribution in [2.24, 2.45) is 5.92 Å². The molecule has 0 amide bonds.